The highest BCUT2D eigenvalue weighted by Gasteiger charge is 2.12. The smallest absolute Gasteiger partial charge is 0.173 e. The van der Waals surface area contributed by atoms with Gasteiger partial charge in [0.2, 0.25) is 0 Å². The van der Waals surface area contributed by atoms with Crippen molar-refractivity contribution in [2.24, 2.45) is 0 Å². The number of aryl methyl sites for hydroxylation is 2. The average molecular weight is 262 g/mol. The Kier molecular flexibility index (Phi) is 4.59. The zero-order valence-electron chi connectivity index (χ0n) is 11.3. The van der Waals surface area contributed by atoms with Crippen LogP contribution in [0.25, 0.3) is 0 Å². The quantitative estimate of drug-likeness (QED) is 0.773. The Hall–Kier alpha value is -1.09. The Bertz CT molecular complexity index is 421. The van der Waals surface area contributed by atoms with Crippen LogP contribution in [0.2, 0.25) is 0 Å². The highest BCUT2D eigenvalue weighted by molar-refractivity contribution is 7.80. The zero-order valence-corrected chi connectivity index (χ0v) is 12.1. The topological polar surface area (TPSA) is 15.3 Å². The van der Waals surface area contributed by atoms with Gasteiger partial charge in [-0.3, -0.25) is 0 Å². The predicted octanol–water partition coefficient (Wildman–Crippen LogP) is 3.88. The summed E-state index contributed by atoms with van der Waals surface area (Å²) in [6, 6.07) is 6.41. The van der Waals surface area contributed by atoms with E-state index in [4.69, 9.17) is 12.2 Å². The lowest BCUT2D eigenvalue weighted by molar-refractivity contribution is 0.441. The van der Waals surface area contributed by atoms with Gasteiger partial charge in [-0.15, -0.1) is 0 Å². The molecule has 1 aliphatic rings. The molecule has 2 nitrogen and oxygen atoms in total. The largest absolute Gasteiger partial charge is 0.349 e. The molecule has 98 valence electrons. The van der Waals surface area contributed by atoms with Gasteiger partial charge < -0.3 is 10.2 Å². The van der Waals surface area contributed by atoms with Crippen molar-refractivity contribution < 1.29 is 0 Å². The normalized spacial score (nSPS) is 16.2. The second kappa shape index (κ2) is 6.19. The van der Waals surface area contributed by atoms with Crippen LogP contribution in [-0.4, -0.2) is 23.1 Å². The van der Waals surface area contributed by atoms with Gasteiger partial charge in [0.25, 0.3) is 0 Å². The van der Waals surface area contributed by atoms with Gasteiger partial charge in [-0.1, -0.05) is 18.9 Å². The van der Waals surface area contributed by atoms with E-state index in [2.05, 4.69) is 42.3 Å². The molecule has 2 rings (SSSR count). The molecule has 0 aliphatic carbocycles. The molecule has 0 atom stereocenters. The molecule has 0 saturated carbocycles. The molecule has 0 bridgehead atoms. The van der Waals surface area contributed by atoms with Gasteiger partial charge in [-0.25, -0.2) is 0 Å². The molecule has 1 saturated heterocycles. The van der Waals surface area contributed by atoms with Crippen LogP contribution >= 0.6 is 12.2 Å². The average Bonchev–Trinajstić information content (AvgIpc) is 2.62. The summed E-state index contributed by atoms with van der Waals surface area (Å²) in [5.41, 5.74) is 3.73. The second-order valence-corrected chi connectivity index (χ2v) is 5.52. The minimum Gasteiger partial charge on any atom is -0.349 e. The molecule has 0 aromatic heterocycles. The molecule has 1 aromatic rings. The fourth-order valence-electron chi connectivity index (χ4n) is 2.30. The number of benzene rings is 1. The standard InChI is InChI=1S/C15H22N2S/c1-12-7-8-14(11-13(12)2)16-15(18)17-9-5-3-4-6-10-17/h7-8,11H,3-6,9-10H2,1-2H3,(H,16,18). The molecule has 0 spiro atoms. The first-order valence-electron chi connectivity index (χ1n) is 6.80. The molecule has 1 N–H and O–H groups in total. The van der Waals surface area contributed by atoms with Crippen LogP contribution in [0.15, 0.2) is 18.2 Å². The van der Waals surface area contributed by atoms with Gasteiger partial charge in [0.05, 0.1) is 0 Å². The molecule has 0 unspecified atom stereocenters. The Balaban J connectivity index is 1.99. The number of nitrogens with one attached hydrogen (secondary N) is 1. The molecule has 0 radical (unpaired) electrons. The van der Waals surface area contributed by atoms with Crippen molar-refractivity contribution in [3.8, 4) is 0 Å². The number of nitrogens with zero attached hydrogens (tertiary/aromatic N) is 1. The van der Waals surface area contributed by atoms with E-state index in [-0.39, 0.29) is 0 Å². The van der Waals surface area contributed by atoms with E-state index in [1.165, 1.54) is 36.8 Å². The molecule has 1 fully saturated rings. The summed E-state index contributed by atoms with van der Waals surface area (Å²) in [6.45, 7) is 6.45. The van der Waals surface area contributed by atoms with Crippen molar-refractivity contribution in [3.05, 3.63) is 29.3 Å². The first-order valence-corrected chi connectivity index (χ1v) is 7.21. The third-order valence-corrected chi connectivity index (χ3v) is 4.01. The van der Waals surface area contributed by atoms with Crippen LogP contribution in [-0.2, 0) is 0 Å². The summed E-state index contributed by atoms with van der Waals surface area (Å²) in [4.78, 5) is 2.30. The Morgan fingerprint density at radius 1 is 1.06 bits per heavy atom. The zero-order chi connectivity index (χ0) is 13.0. The van der Waals surface area contributed by atoms with E-state index in [0.717, 1.165) is 23.9 Å². The van der Waals surface area contributed by atoms with Gasteiger partial charge in [-0.2, -0.15) is 0 Å². The number of hydrogen-bond donors (Lipinski definition) is 1. The van der Waals surface area contributed by atoms with Gasteiger partial charge in [0, 0.05) is 18.8 Å². The van der Waals surface area contributed by atoms with Crippen molar-refractivity contribution in [1.29, 1.82) is 0 Å². The highest BCUT2D eigenvalue weighted by Crippen LogP contribution is 2.16. The summed E-state index contributed by atoms with van der Waals surface area (Å²) in [5, 5.41) is 4.24. The SMILES string of the molecule is Cc1ccc(NC(=S)N2CCCCCC2)cc1C. The lowest BCUT2D eigenvalue weighted by atomic mass is 10.1. The molecule has 3 heteroatoms. The summed E-state index contributed by atoms with van der Waals surface area (Å²) in [5.74, 6) is 0. The van der Waals surface area contributed by atoms with E-state index in [1.807, 2.05) is 0 Å². The van der Waals surface area contributed by atoms with Crippen molar-refractivity contribution >= 4 is 23.0 Å². The maximum absolute atomic E-state index is 5.51. The fraction of sp³-hybridized carbons (Fsp3) is 0.533. The maximum Gasteiger partial charge on any atom is 0.173 e. The van der Waals surface area contributed by atoms with Crippen molar-refractivity contribution in [2.45, 2.75) is 39.5 Å². The second-order valence-electron chi connectivity index (χ2n) is 5.13. The van der Waals surface area contributed by atoms with Gasteiger partial charge in [0.15, 0.2) is 5.11 Å². The van der Waals surface area contributed by atoms with Crippen LogP contribution in [0.3, 0.4) is 0 Å². The number of thiocarbonyl (C=S) groups is 1. The van der Waals surface area contributed by atoms with Gasteiger partial charge in [0.1, 0.15) is 0 Å². The van der Waals surface area contributed by atoms with Crippen LogP contribution in [0, 0.1) is 13.8 Å². The van der Waals surface area contributed by atoms with E-state index in [1.54, 1.807) is 0 Å². The summed E-state index contributed by atoms with van der Waals surface area (Å²) < 4.78 is 0. The number of likely N-dealkylation sites (tertiary alicyclic amines) is 1. The van der Waals surface area contributed by atoms with Crippen molar-refractivity contribution in [3.63, 3.8) is 0 Å². The molecular weight excluding hydrogens is 240 g/mol. The molecule has 1 aromatic carbocycles. The summed E-state index contributed by atoms with van der Waals surface area (Å²) in [6.07, 6.45) is 5.19. The lowest BCUT2D eigenvalue weighted by Gasteiger charge is -2.24. The third kappa shape index (κ3) is 3.45. The Morgan fingerprint density at radius 3 is 2.33 bits per heavy atom. The molecular formula is C15H22N2S. The van der Waals surface area contributed by atoms with E-state index >= 15 is 0 Å². The van der Waals surface area contributed by atoms with Crippen LogP contribution in [0.5, 0.6) is 0 Å². The molecule has 0 amide bonds. The summed E-state index contributed by atoms with van der Waals surface area (Å²) in [7, 11) is 0. The summed E-state index contributed by atoms with van der Waals surface area (Å²) >= 11 is 5.51. The van der Waals surface area contributed by atoms with Crippen molar-refractivity contribution in [2.75, 3.05) is 18.4 Å². The minimum atomic E-state index is 0.875. The van der Waals surface area contributed by atoms with E-state index in [9.17, 15) is 0 Å². The monoisotopic (exact) mass is 262 g/mol. The Morgan fingerprint density at radius 2 is 1.72 bits per heavy atom. The fourth-order valence-corrected chi connectivity index (χ4v) is 2.60. The highest BCUT2D eigenvalue weighted by atomic mass is 32.1. The molecule has 18 heavy (non-hydrogen) atoms. The van der Waals surface area contributed by atoms with E-state index in [0.29, 0.717) is 0 Å². The lowest BCUT2D eigenvalue weighted by Crippen LogP contribution is -2.35. The van der Waals surface area contributed by atoms with Crippen LogP contribution in [0.4, 0.5) is 5.69 Å². The van der Waals surface area contributed by atoms with Crippen LogP contribution < -0.4 is 5.32 Å². The van der Waals surface area contributed by atoms with Gasteiger partial charge in [-0.05, 0) is 62.2 Å². The Labute approximate surface area is 115 Å². The third-order valence-electron chi connectivity index (χ3n) is 3.65. The predicted molar refractivity (Wildman–Crippen MR) is 82.2 cm³/mol. The van der Waals surface area contributed by atoms with E-state index < -0.39 is 0 Å². The maximum atomic E-state index is 5.51. The molecule has 1 aliphatic heterocycles. The van der Waals surface area contributed by atoms with Crippen molar-refractivity contribution in [1.82, 2.24) is 4.90 Å². The number of hydrogen-bond acceptors (Lipinski definition) is 1. The number of rotatable bonds is 1. The first kappa shape index (κ1) is 13.3. The first-order chi connectivity index (χ1) is 8.66. The van der Waals surface area contributed by atoms with Gasteiger partial charge >= 0.3 is 0 Å². The van der Waals surface area contributed by atoms with Crippen LogP contribution in [0.1, 0.15) is 36.8 Å². The number of anilines is 1. The molecule has 1 heterocycles. The minimum absolute atomic E-state index is 0.875.